The molecule has 0 aromatic carbocycles. The fraction of sp³-hybridized carbons (Fsp3) is 0.750. The SMILES string of the molecule is CC(=O)NC1C(OC2C(CO)OC(OC3C(CO)OC(OC4C(CO)OC(O)C(NC(C)=O)C4OC(C)C(=O)NC(C)C(=O)NC(CCC(=O)NC(CCCCNC(=O)CC(N)C(=O)O)C(=O)NC(C)C(=O)O)C(N)=O)C(NC(C)=O)C3O)C(NC(C)=O)C2OC(C)C(=O)NC(C)C(=O)NC(CCC(=O)NC(CCCCNC(=O)CC(N)C(N)=O)C(=O)NC(C)C(=O)O)C(N)=O)OC(CO)C(O)C1O. The molecule has 4 aliphatic heterocycles. The van der Waals surface area contributed by atoms with E-state index in [0.717, 1.165) is 69.2 Å². The van der Waals surface area contributed by atoms with E-state index in [-0.39, 0.29) is 51.6 Å². The first-order valence-electron chi connectivity index (χ1n) is 44.3. The lowest BCUT2D eigenvalue weighted by Crippen LogP contribution is -2.72. The number of aliphatic hydroxyl groups excluding tert-OH is 8. The van der Waals surface area contributed by atoms with Gasteiger partial charge < -0.3 is 202 Å². The number of hydrogen-bond donors (Lipinski definition) is 30. The lowest BCUT2D eigenvalue weighted by Gasteiger charge is -2.52. The van der Waals surface area contributed by atoms with Crippen LogP contribution in [-0.2, 0) is 139 Å². The number of carboxylic acid groups (broad SMARTS) is 3. The molecular formula is C80H133N19O40. The minimum Gasteiger partial charge on any atom is -0.480 e. The number of carbonyl (C=O) groups excluding carboxylic acids is 17. The summed E-state index contributed by atoms with van der Waals surface area (Å²) >= 11 is 0. The predicted octanol–water partition coefficient (Wildman–Crippen LogP) is -16.1. The Kier molecular flexibility index (Phi) is 50.1. The maximum absolute atomic E-state index is 14.5. The van der Waals surface area contributed by atoms with Crippen molar-refractivity contribution in [3.8, 4) is 0 Å². The average Bonchev–Trinajstić information content (AvgIpc) is 0.756. The zero-order valence-corrected chi connectivity index (χ0v) is 77.8. The molecule has 788 valence electrons. The van der Waals surface area contributed by atoms with Crippen molar-refractivity contribution in [2.75, 3.05) is 39.5 Å². The molecule has 32 unspecified atom stereocenters. The van der Waals surface area contributed by atoms with Gasteiger partial charge in [-0.25, -0.2) is 0 Å². The van der Waals surface area contributed by atoms with E-state index in [1.165, 1.54) is 0 Å². The molecule has 0 radical (unpaired) electrons. The summed E-state index contributed by atoms with van der Waals surface area (Å²) < 4.78 is 55.9. The molecule has 4 fully saturated rings. The van der Waals surface area contributed by atoms with Crippen LogP contribution in [0.4, 0.5) is 0 Å². The number of ether oxygens (including phenoxy) is 9. The molecule has 0 saturated carbocycles. The summed E-state index contributed by atoms with van der Waals surface area (Å²) in [6.07, 6.45) is -39.1. The number of hydrogen-bond acceptors (Lipinski definition) is 39. The highest BCUT2D eigenvalue weighted by Crippen LogP contribution is 2.37. The van der Waals surface area contributed by atoms with Crippen LogP contribution in [0.2, 0.25) is 0 Å². The van der Waals surface area contributed by atoms with Crippen molar-refractivity contribution in [2.24, 2.45) is 28.7 Å². The van der Waals surface area contributed by atoms with E-state index in [9.17, 15) is 147 Å². The molecule has 35 N–H and O–H groups in total. The summed E-state index contributed by atoms with van der Waals surface area (Å²) in [7, 11) is 0. The molecule has 4 rings (SSSR count). The number of rotatable bonds is 58. The number of aliphatic hydroxyl groups is 8. The maximum atomic E-state index is 14.5. The Morgan fingerprint density at radius 3 is 1.04 bits per heavy atom. The third kappa shape index (κ3) is 38.3. The standard InChI is InChI=1S/C80H133N19O40/c1-29(68(118)98-41(66(84)116)17-19-50(109)97-44(73(123)91-32(4)75(126)127)16-12-14-22-87-52(111)24-40(82)76(128)129)88-70(120)33(5)131-63-55(94-37(9)106)77(130)133-47(27-102)61(63)138-79-54(93-36(8)105)59(114)60(46(26-101)135-79)137-80-56(95-38(10)107)64(62(48(28-103)136-80)139-78-53(92-35(7)104)58(113)57(112)45(25-100)134-78)132-34(6)71(121)89-30(2)69(119)99-42(67(85)117)18-20-49(108)96-43(72(122)90-31(3)74(124)125)15-11-13-21-86-51(110)23-39(81)65(83)115/h29-34,39-48,53-64,77-80,100-103,112-114,130H,11-28,81-82H2,1-10H3,(H2,83,115)(H2,84,116)(H2,85,117)(H,86,110)(H,87,111)(H,88,120)(H,89,121)(H,90,122)(H,91,123)(H,92,104)(H,93,105)(H,94,106)(H,95,107)(H,96,108)(H,97,109)(H,98,118)(H,99,119)(H,124,125)(H,126,127)(H,128,129). The van der Waals surface area contributed by atoms with Gasteiger partial charge in [0.2, 0.25) is 100 Å². The monoisotopic (exact) mass is 2000 g/mol. The molecule has 0 aromatic rings. The van der Waals surface area contributed by atoms with Gasteiger partial charge in [-0.05, 0) is 92.9 Å². The average molecular weight is 2000 g/mol. The van der Waals surface area contributed by atoms with Gasteiger partial charge in [-0.15, -0.1) is 0 Å². The lowest BCUT2D eigenvalue weighted by atomic mass is 9.92. The second kappa shape index (κ2) is 58.0. The third-order valence-corrected chi connectivity index (χ3v) is 22.1. The van der Waals surface area contributed by atoms with E-state index in [2.05, 4.69) is 74.4 Å². The minimum absolute atomic E-state index is 0.00764. The number of unbranched alkanes of at least 4 members (excludes halogenated alkanes) is 2. The second-order valence-corrected chi connectivity index (χ2v) is 33.5. The molecule has 0 bridgehead atoms. The Labute approximate surface area is 794 Å². The van der Waals surface area contributed by atoms with Gasteiger partial charge in [-0.2, -0.15) is 0 Å². The second-order valence-electron chi connectivity index (χ2n) is 33.5. The molecule has 17 amide bonds. The van der Waals surface area contributed by atoms with Gasteiger partial charge in [0.15, 0.2) is 25.2 Å². The highest BCUT2D eigenvalue weighted by molar-refractivity contribution is 5.96. The van der Waals surface area contributed by atoms with E-state index >= 15 is 0 Å². The molecule has 59 nitrogen and oxygen atoms in total. The van der Waals surface area contributed by atoms with Gasteiger partial charge in [-0.3, -0.25) is 95.9 Å². The van der Waals surface area contributed by atoms with Crippen molar-refractivity contribution in [3.05, 3.63) is 0 Å². The zero-order valence-electron chi connectivity index (χ0n) is 77.8. The van der Waals surface area contributed by atoms with E-state index in [0.29, 0.717) is 0 Å². The third-order valence-electron chi connectivity index (χ3n) is 22.1. The molecule has 0 spiro atoms. The molecule has 0 aromatic heterocycles. The Bertz CT molecular complexity index is 4230. The molecule has 4 aliphatic rings. The number of carbonyl (C=O) groups is 20. The molecule has 4 saturated heterocycles. The molecule has 139 heavy (non-hydrogen) atoms. The first kappa shape index (κ1) is 120. The lowest BCUT2D eigenvalue weighted by molar-refractivity contribution is -0.365. The van der Waals surface area contributed by atoms with Crippen LogP contribution in [-0.4, -0.2) is 409 Å². The van der Waals surface area contributed by atoms with Crippen LogP contribution in [0.5, 0.6) is 0 Å². The number of nitrogens with two attached hydrogens (primary N) is 5. The van der Waals surface area contributed by atoms with Gasteiger partial charge in [0, 0.05) is 53.6 Å². The normalized spacial score (nSPS) is 27.1. The summed E-state index contributed by atoms with van der Waals surface area (Å²) in [4.78, 5) is 258. The van der Waals surface area contributed by atoms with E-state index < -0.39 is 378 Å². The molecular weight excluding hydrogens is 1870 g/mol. The van der Waals surface area contributed by atoms with Crippen molar-refractivity contribution < 1.29 is 195 Å². The fourth-order valence-corrected chi connectivity index (χ4v) is 14.5. The van der Waals surface area contributed by atoms with Gasteiger partial charge >= 0.3 is 17.9 Å². The number of aliphatic carboxylic acids is 3. The summed E-state index contributed by atoms with van der Waals surface area (Å²) in [5.41, 5.74) is 27.3. The van der Waals surface area contributed by atoms with Gasteiger partial charge in [0.05, 0.1) is 45.3 Å². The fourth-order valence-electron chi connectivity index (χ4n) is 14.5. The van der Waals surface area contributed by atoms with Crippen LogP contribution in [0.15, 0.2) is 0 Å². The highest BCUT2D eigenvalue weighted by Gasteiger charge is 2.58. The van der Waals surface area contributed by atoms with Gasteiger partial charge in [-0.1, -0.05) is 0 Å². The molecule has 0 aliphatic carbocycles. The first-order chi connectivity index (χ1) is 65.1. The predicted molar refractivity (Wildman–Crippen MR) is 463 cm³/mol. The first-order valence-corrected chi connectivity index (χ1v) is 44.3. The van der Waals surface area contributed by atoms with Crippen molar-refractivity contribution >= 4 is 118 Å². The van der Waals surface area contributed by atoms with Crippen LogP contribution in [0.25, 0.3) is 0 Å². The largest absolute Gasteiger partial charge is 0.480 e. The van der Waals surface area contributed by atoms with Crippen molar-refractivity contribution in [1.82, 2.24) is 74.4 Å². The van der Waals surface area contributed by atoms with Crippen molar-refractivity contribution in [3.63, 3.8) is 0 Å². The van der Waals surface area contributed by atoms with Crippen LogP contribution in [0, 0.1) is 0 Å². The Morgan fingerprint density at radius 1 is 0.331 bits per heavy atom. The number of nitrogens with one attached hydrogen (secondary N) is 14. The Hall–Kier alpha value is -11.4. The molecule has 4 heterocycles. The summed E-state index contributed by atoms with van der Waals surface area (Å²) in [6.45, 7) is 5.85. The van der Waals surface area contributed by atoms with E-state index in [1.54, 1.807) is 0 Å². The zero-order chi connectivity index (χ0) is 105. The van der Waals surface area contributed by atoms with E-state index in [4.69, 9.17) is 76.4 Å². The van der Waals surface area contributed by atoms with Crippen LogP contribution < -0.4 is 103 Å². The van der Waals surface area contributed by atoms with Gasteiger partial charge in [0.25, 0.3) is 0 Å². The summed E-state index contributed by atoms with van der Waals surface area (Å²) in [5.74, 6) is -21.1. The van der Waals surface area contributed by atoms with Crippen LogP contribution >= 0.6 is 0 Å². The van der Waals surface area contributed by atoms with Crippen LogP contribution in [0.3, 0.4) is 0 Å². The summed E-state index contributed by atoms with van der Waals surface area (Å²) in [5, 5.41) is 151. The Morgan fingerprint density at radius 2 is 0.669 bits per heavy atom. The number of primary amides is 3. The smallest absolute Gasteiger partial charge is 0.325 e. The highest BCUT2D eigenvalue weighted by atomic mass is 16.8. The number of carboxylic acids is 3. The number of amides is 17. The van der Waals surface area contributed by atoms with Crippen molar-refractivity contribution in [2.45, 2.75) is 341 Å². The minimum atomic E-state index is -2.29. The van der Waals surface area contributed by atoms with Gasteiger partial charge in [0.1, 0.15) is 164 Å². The van der Waals surface area contributed by atoms with Crippen molar-refractivity contribution in [1.29, 1.82) is 0 Å². The quantitative estimate of drug-likeness (QED) is 0.0251. The van der Waals surface area contributed by atoms with E-state index in [1.807, 2.05) is 0 Å². The molecule has 59 heteroatoms. The Balaban J connectivity index is 1.66. The van der Waals surface area contributed by atoms with Crippen LogP contribution in [0.1, 0.15) is 146 Å². The topological polar surface area (TPSA) is 946 Å². The maximum Gasteiger partial charge on any atom is 0.325 e. The summed E-state index contributed by atoms with van der Waals surface area (Å²) in [6, 6.07) is -22.7. The molecule has 32 atom stereocenters.